The Morgan fingerprint density at radius 1 is 1.08 bits per heavy atom. The van der Waals surface area contributed by atoms with Gasteiger partial charge in [-0.15, -0.1) is 12.4 Å². The minimum absolute atomic E-state index is 0. The van der Waals surface area contributed by atoms with Gasteiger partial charge >= 0.3 is 0 Å². The molecule has 2 rings (SSSR count). The minimum Gasteiger partial charge on any atom is -0.493 e. The third-order valence-corrected chi connectivity index (χ3v) is 3.75. The molecule has 0 spiro atoms. The van der Waals surface area contributed by atoms with Gasteiger partial charge in [-0.05, 0) is 58.4 Å². The molecule has 0 aliphatic carbocycles. The molecule has 24 heavy (non-hydrogen) atoms. The van der Waals surface area contributed by atoms with Crippen molar-refractivity contribution in [1.29, 1.82) is 0 Å². The Kier molecular flexibility index (Phi) is 7.64. The van der Waals surface area contributed by atoms with E-state index < -0.39 is 0 Å². The zero-order valence-electron chi connectivity index (χ0n) is 15.3. The fourth-order valence-electron chi connectivity index (χ4n) is 2.63. The quantitative estimate of drug-likeness (QED) is 0.763. The highest BCUT2D eigenvalue weighted by molar-refractivity contribution is 5.85. The van der Waals surface area contributed by atoms with Crippen molar-refractivity contribution in [2.75, 3.05) is 7.11 Å². The summed E-state index contributed by atoms with van der Waals surface area (Å²) in [6.07, 6.45) is 0.125. The van der Waals surface area contributed by atoms with Crippen LogP contribution >= 0.6 is 12.4 Å². The Hall–Kier alpha value is -1.65. The van der Waals surface area contributed by atoms with Gasteiger partial charge in [0, 0.05) is 18.2 Å². The van der Waals surface area contributed by atoms with E-state index >= 15 is 0 Å². The molecule has 0 amide bonds. The molecule has 1 heterocycles. The number of furan rings is 1. The molecule has 1 unspecified atom stereocenters. The van der Waals surface area contributed by atoms with Gasteiger partial charge in [-0.1, -0.05) is 6.07 Å². The van der Waals surface area contributed by atoms with Crippen molar-refractivity contribution in [3.8, 4) is 11.5 Å². The van der Waals surface area contributed by atoms with E-state index in [9.17, 15) is 0 Å². The highest BCUT2D eigenvalue weighted by Crippen LogP contribution is 2.29. The van der Waals surface area contributed by atoms with Crippen molar-refractivity contribution >= 4 is 12.4 Å². The molecular formula is C19H28ClNO3. The Morgan fingerprint density at radius 3 is 2.33 bits per heavy atom. The lowest BCUT2D eigenvalue weighted by Crippen LogP contribution is -2.18. The van der Waals surface area contributed by atoms with Crippen LogP contribution in [0.5, 0.6) is 11.5 Å². The molecule has 0 radical (unpaired) electrons. The molecule has 0 aliphatic heterocycles. The maximum Gasteiger partial charge on any atom is 0.161 e. The number of methoxy groups -OCH3 is 1. The van der Waals surface area contributed by atoms with Crippen LogP contribution in [0.3, 0.4) is 0 Å². The van der Waals surface area contributed by atoms with Gasteiger partial charge in [0.1, 0.15) is 11.5 Å². The van der Waals surface area contributed by atoms with Crippen molar-refractivity contribution in [2.45, 2.75) is 53.3 Å². The first-order chi connectivity index (χ1) is 10.9. The number of benzene rings is 1. The highest BCUT2D eigenvalue weighted by atomic mass is 35.5. The van der Waals surface area contributed by atoms with E-state index in [1.807, 2.05) is 39.8 Å². The second-order valence-corrected chi connectivity index (χ2v) is 6.12. The number of aryl methyl sites for hydroxylation is 2. The minimum atomic E-state index is 0. The van der Waals surface area contributed by atoms with Gasteiger partial charge in [-0.25, -0.2) is 0 Å². The van der Waals surface area contributed by atoms with E-state index in [-0.39, 0.29) is 24.6 Å². The molecule has 1 N–H and O–H groups in total. The summed E-state index contributed by atoms with van der Waals surface area (Å²) < 4.78 is 16.8. The van der Waals surface area contributed by atoms with Crippen molar-refractivity contribution in [3.63, 3.8) is 0 Å². The van der Waals surface area contributed by atoms with Crippen LogP contribution in [0.1, 0.15) is 49.5 Å². The number of ether oxygens (including phenoxy) is 2. The maximum absolute atomic E-state index is 5.75. The lowest BCUT2D eigenvalue weighted by atomic mass is 10.1. The van der Waals surface area contributed by atoms with Crippen LogP contribution in [0.25, 0.3) is 0 Å². The van der Waals surface area contributed by atoms with Crippen LogP contribution in [0.4, 0.5) is 0 Å². The molecule has 2 aromatic rings. The summed E-state index contributed by atoms with van der Waals surface area (Å²) >= 11 is 0. The Morgan fingerprint density at radius 2 is 1.79 bits per heavy atom. The van der Waals surface area contributed by atoms with Gasteiger partial charge in [-0.3, -0.25) is 0 Å². The molecule has 4 nitrogen and oxygen atoms in total. The first kappa shape index (κ1) is 20.4. The second kappa shape index (κ2) is 9.00. The summed E-state index contributed by atoms with van der Waals surface area (Å²) in [5.74, 6) is 3.46. The van der Waals surface area contributed by atoms with Crippen LogP contribution in [0.15, 0.2) is 28.7 Å². The highest BCUT2D eigenvalue weighted by Gasteiger charge is 2.13. The smallest absolute Gasteiger partial charge is 0.161 e. The van der Waals surface area contributed by atoms with Gasteiger partial charge < -0.3 is 19.2 Å². The van der Waals surface area contributed by atoms with Crippen LogP contribution in [-0.2, 0) is 6.54 Å². The molecule has 0 saturated heterocycles. The third kappa shape index (κ3) is 5.18. The average Bonchev–Trinajstić information content (AvgIpc) is 2.84. The number of halogens is 1. The van der Waals surface area contributed by atoms with Crippen LogP contribution in [0.2, 0.25) is 0 Å². The molecule has 0 bridgehead atoms. The van der Waals surface area contributed by atoms with E-state index in [2.05, 4.69) is 24.4 Å². The molecule has 1 aromatic carbocycles. The standard InChI is InChI=1S/C19H27NO3.ClH/c1-12(2)22-18-8-7-16(10-19(18)21-6)11-20-14(4)17-9-13(3)23-15(17)5;/h7-10,12,14,20H,11H2,1-6H3;1H. The summed E-state index contributed by atoms with van der Waals surface area (Å²) in [4.78, 5) is 0. The predicted molar refractivity (Wildman–Crippen MR) is 99.4 cm³/mol. The molecule has 0 saturated carbocycles. The van der Waals surface area contributed by atoms with Gasteiger partial charge in [0.25, 0.3) is 0 Å². The van der Waals surface area contributed by atoms with Crippen LogP contribution in [0, 0.1) is 13.8 Å². The number of nitrogens with one attached hydrogen (secondary N) is 1. The molecule has 0 aliphatic rings. The summed E-state index contributed by atoms with van der Waals surface area (Å²) in [6.45, 7) is 10.9. The average molecular weight is 354 g/mol. The monoisotopic (exact) mass is 353 g/mol. The van der Waals surface area contributed by atoms with E-state index in [0.717, 1.165) is 35.1 Å². The second-order valence-electron chi connectivity index (χ2n) is 6.12. The van der Waals surface area contributed by atoms with Crippen LogP contribution < -0.4 is 14.8 Å². The van der Waals surface area contributed by atoms with E-state index in [0.29, 0.717) is 0 Å². The number of hydrogen-bond acceptors (Lipinski definition) is 4. The molecule has 1 atom stereocenters. The van der Waals surface area contributed by atoms with E-state index in [4.69, 9.17) is 13.9 Å². The lowest BCUT2D eigenvalue weighted by molar-refractivity contribution is 0.230. The van der Waals surface area contributed by atoms with E-state index in [1.54, 1.807) is 7.11 Å². The lowest BCUT2D eigenvalue weighted by Gasteiger charge is -2.16. The Labute approximate surface area is 150 Å². The van der Waals surface area contributed by atoms with Crippen molar-refractivity contribution in [2.24, 2.45) is 0 Å². The SMILES string of the molecule is COc1cc(CNC(C)c2cc(C)oc2C)ccc1OC(C)C.Cl. The summed E-state index contributed by atoms with van der Waals surface area (Å²) in [5.41, 5.74) is 2.36. The summed E-state index contributed by atoms with van der Waals surface area (Å²) in [7, 11) is 1.67. The molecule has 0 fully saturated rings. The van der Waals surface area contributed by atoms with Gasteiger partial charge in [0.2, 0.25) is 0 Å². The molecular weight excluding hydrogens is 326 g/mol. The van der Waals surface area contributed by atoms with E-state index in [1.165, 1.54) is 5.56 Å². The molecule has 134 valence electrons. The van der Waals surface area contributed by atoms with Crippen molar-refractivity contribution in [1.82, 2.24) is 5.32 Å². The Balaban J connectivity index is 0.00000288. The number of hydrogen-bond donors (Lipinski definition) is 1. The first-order valence-corrected chi connectivity index (χ1v) is 8.04. The summed E-state index contributed by atoms with van der Waals surface area (Å²) in [6, 6.07) is 8.37. The zero-order chi connectivity index (χ0) is 17.0. The van der Waals surface area contributed by atoms with Crippen molar-refractivity contribution < 1.29 is 13.9 Å². The number of rotatable bonds is 7. The predicted octanol–water partition coefficient (Wildman–Crippen LogP) is 4.96. The third-order valence-electron chi connectivity index (χ3n) is 3.75. The Bertz CT molecular complexity index is 652. The van der Waals surface area contributed by atoms with Gasteiger partial charge in [-0.2, -0.15) is 0 Å². The molecule has 1 aromatic heterocycles. The van der Waals surface area contributed by atoms with Crippen LogP contribution in [-0.4, -0.2) is 13.2 Å². The topological polar surface area (TPSA) is 43.6 Å². The maximum atomic E-state index is 5.75. The fourth-order valence-corrected chi connectivity index (χ4v) is 2.63. The fraction of sp³-hybridized carbons (Fsp3) is 0.474. The van der Waals surface area contributed by atoms with Gasteiger partial charge in [0.15, 0.2) is 11.5 Å². The summed E-state index contributed by atoms with van der Waals surface area (Å²) in [5, 5.41) is 3.52. The van der Waals surface area contributed by atoms with Crippen molar-refractivity contribution in [3.05, 3.63) is 46.9 Å². The largest absolute Gasteiger partial charge is 0.493 e. The molecule has 5 heteroatoms. The van der Waals surface area contributed by atoms with Gasteiger partial charge in [0.05, 0.1) is 13.2 Å². The zero-order valence-corrected chi connectivity index (χ0v) is 16.1. The first-order valence-electron chi connectivity index (χ1n) is 8.04. The normalized spacial score (nSPS) is 12.0.